The molecular weight excluding hydrogens is 466 g/mol. The Balaban J connectivity index is 1.61. The number of amides is 1. The zero-order valence-electron chi connectivity index (χ0n) is 18.3. The van der Waals surface area contributed by atoms with Crippen LogP contribution in [0.5, 0.6) is 0 Å². The lowest BCUT2D eigenvalue weighted by Crippen LogP contribution is -2.38. The van der Waals surface area contributed by atoms with Crippen LogP contribution in [0.4, 0.5) is 0 Å². The number of carbonyl (C=O) groups is 1. The van der Waals surface area contributed by atoms with E-state index in [9.17, 15) is 13.2 Å². The van der Waals surface area contributed by atoms with Crippen LogP contribution in [0.1, 0.15) is 48.0 Å². The van der Waals surface area contributed by atoms with Crippen LogP contribution in [0, 0.1) is 6.92 Å². The van der Waals surface area contributed by atoms with Crippen LogP contribution in [-0.4, -0.2) is 36.3 Å². The van der Waals surface area contributed by atoms with Crippen LogP contribution < -0.4 is 4.80 Å². The molecule has 170 valence electrons. The van der Waals surface area contributed by atoms with E-state index in [1.165, 1.54) is 39.9 Å². The van der Waals surface area contributed by atoms with Gasteiger partial charge >= 0.3 is 0 Å². The lowest BCUT2D eigenvalue weighted by atomic mass is 9.96. The molecule has 1 aliphatic carbocycles. The number of aromatic nitrogens is 1. The Morgan fingerprint density at radius 2 is 1.81 bits per heavy atom. The van der Waals surface area contributed by atoms with Crippen molar-refractivity contribution in [1.82, 2.24) is 8.87 Å². The fourth-order valence-corrected chi connectivity index (χ4v) is 7.19. The minimum Gasteiger partial charge on any atom is -0.319 e. The van der Waals surface area contributed by atoms with Crippen LogP contribution >= 0.6 is 22.9 Å². The standard InChI is InChI=1S/C23H26ClN3O3S2/c1-15-13-17(24)14-20-21(15)26(2)23(31-20)25-22(28)16-9-11-19(12-10-16)32(29,30)27(3)18-7-5-4-6-8-18/h9-14,18H,4-8H2,1-3H3. The van der Waals surface area contributed by atoms with Crippen LogP contribution in [0.15, 0.2) is 46.3 Å². The van der Waals surface area contributed by atoms with Gasteiger partial charge in [0.05, 0.1) is 15.1 Å². The van der Waals surface area contributed by atoms with E-state index in [0.717, 1.165) is 47.9 Å². The number of hydrogen-bond donors (Lipinski definition) is 0. The van der Waals surface area contributed by atoms with Crippen molar-refractivity contribution in [2.75, 3.05) is 7.05 Å². The lowest BCUT2D eigenvalue weighted by Gasteiger charge is -2.30. The van der Waals surface area contributed by atoms with Crippen molar-refractivity contribution < 1.29 is 13.2 Å². The Morgan fingerprint density at radius 3 is 2.47 bits per heavy atom. The topological polar surface area (TPSA) is 71.7 Å². The van der Waals surface area contributed by atoms with E-state index in [2.05, 4.69) is 4.99 Å². The number of thiazole rings is 1. The maximum absolute atomic E-state index is 13.0. The van der Waals surface area contributed by atoms with Gasteiger partial charge in [0, 0.05) is 30.7 Å². The molecular formula is C23H26ClN3O3S2. The summed E-state index contributed by atoms with van der Waals surface area (Å²) in [6.45, 7) is 1.97. The first kappa shape index (κ1) is 23.2. The highest BCUT2D eigenvalue weighted by molar-refractivity contribution is 7.89. The number of carbonyl (C=O) groups excluding carboxylic acids is 1. The number of rotatable bonds is 4. The fraction of sp³-hybridized carbons (Fsp3) is 0.391. The van der Waals surface area contributed by atoms with Crippen LogP contribution in [0.2, 0.25) is 5.02 Å². The zero-order chi connectivity index (χ0) is 23.0. The van der Waals surface area contributed by atoms with E-state index in [1.807, 2.05) is 30.7 Å². The second-order valence-corrected chi connectivity index (χ2v) is 11.7. The third kappa shape index (κ3) is 4.41. The van der Waals surface area contributed by atoms with Crippen LogP contribution in [0.3, 0.4) is 0 Å². The molecule has 1 fully saturated rings. The number of halogens is 1. The summed E-state index contributed by atoms with van der Waals surface area (Å²) in [6.07, 6.45) is 5.06. The molecule has 0 atom stereocenters. The first-order chi connectivity index (χ1) is 15.2. The average molecular weight is 492 g/mol. The highest BCUT2D eigenvalue weighted by Gasteiger charge is 2.29. The Bertz CT molecular complexity index is 1340. The highest BCUT2D eigenvalue weighted by atomic mass is 35.5. The van der Waals surface area contributed by atoms with E-state index < -0.39 is 15.9 Å². The second kappa shape index (κ2) is 9.09. The Morgan fingerprint density at radius 1 is 1.16 bits per heavy atom. The highest BCUT2D eigenvalue weighted by Crippen LogP contribution is 2.27. The molecule has 4 rings (SSSR count). The minimum atomic E-state index is -3.60. The predicted molar refractivity (Wildman–Crippen MR) is 129 cm³/mol. The van der Waals surface area contributed by atoms with Gasteiger partial charge in [0.15, 0.2) is 4.80 Å². The van der Waals surface area contributed by atoms with Crippen LogP contribution in [0.25, 0.3) is 10.2 Å². The van der Waals surface area contributed by atoms with Crippen molar-refractivity contribution in [2.24, 2.45) is 12.0 Å². The Hall–Kier alpha value is -2.00. The molecule has 3 aromatic rings. The third-order valence-corrected chi connectivity index (χ3v) is 9.34. The van der Waals surface area contributed by atoms with Gasteiger partial charge in [0.25, 0.3) is 5.91 Å². The summed E-state index contributed by atoms with van der Waals surface area (Å²) in [4.78, 5) is 17.8. The molecule has 1 saturated carbocycles. The van der Waals surface area contributed by atoms with Gasteiger partial charge in [0.2, 0.25) is 10.0 Å². The van der Waals surface area contributed by atoms with Gasteiger partial charge in [0.1, 0.15) is 0 Å². The minimum absolute atomic E-state index is 0.0370. The number of aryl methyl sites for hydroxylation is 2. The summed E-state index contributed by atoms with van der Waals surface area (Å²) in [5, 5.41) is 0.643. The first-order valence-corrected chi connectivity index (χ1v) is 13.2. The molecule has 1 heterocycles. The molecule has 32 heavy (non-hydrogen) atoms. The van der Waals surface area contributed by atoms with E-state index in [4.69, 9.17) is 11.6 Å². The summed E-state index contributed by atoms with van der Waals surface area (Å²) in [5.74, 6) is -0.416. The molecule has 9 heteroatoms. The molecule has 0 unspecified atom stereocenters. The van der Waals surface area contributed by atoms with Crippen molar-refractivity contribution >= 4 is 49.1 Å². The molecule has 1 aliphatic rings. The summed E-state index contributed by atoms with van der Waals surface area (Å²) >= 11 is 7.55. The Kier molecular flexibility index (Phi) is 6.58. The number of nitrogens with zero attached hydrogens (tertiary/aromatic N) is 3. The zero-order valence-corrected chi connectivity index (χ0v) is 20.7. The number of sulfonamides is 1. The second-order valence-electron chi connectivity index (χ2n) is 8.27. The van der Waals surface area contributed by atoms with Gasteiger partial charge in [-0.2, -0.15) is 9.30 Å². The van der Waals surface area contributed by atoms with Crippen molar-refractivity contribution in [2.45, 2.75) is 50.0 Å². The van der Waals surface area contributed by atoms with Gasteiger partial charge in [-0.25, -0.2) is 8.42 Å². The fourth-order valence-electron chi connectivity index (χ4n) is 4.30. The van der Waals surface area contributed by atoms with Crippen molar-refractivity contribution in [3.63, 3.8) is 0 Å². The normalized spacial score (nSPS) is 16.2. The summed E-state index contributed by atoms with van der Waals surface area (Å²) in [7, 11) is -0.0841. The van der Waals surface area contributed by atoms with Gasteiger partial charge in [-0.3, -0.25) is 4.79 Å². The monoisotopic (exact) mass is 491 g/mol. The van der Waals surface area contributed by atoms with Gasteiger partial charge in [-0.1, -0.05) is 42.2 Å². The van der Waals surface area contributed by atoms with Gasteiger partial charge < -0.3 is 4.57 Å². The maximum Gasteiger partial charge on any atom is 0.279 e. The average Bonchev–Trinajstić information content (AvgIpc) is 3.08. The lowest BCUT2D eigenvalue weighted by molar-refractivity contribution is 0.0998. The molecule has 0 spiro atoms. The number of hydrogen-bond acceptors (Lipinski definition) is 4. The van der Waals surface area contributed by atoms with E-state index in [1.54, 1.807) is 7.05 Å². The smallest absolute Gasteiger partial charge is 0.279 e. The predicted octanol–water partition coefficient (Wildman–Crippen LogP) is 4.90. The van der Waals surface area contributed by atoms with Crippen LogP contribution in [-0.2, 0) is 17.1 Å². The third-order valence-electron chi connectivity index (χ3n) is 6.12. The number of benzene rings is 2. The molecule has 1 amide bonds. The van der Waals surface area contributed by atoms with E-state index in [0.29, 0.717) is 15.4 Å². The summed E-state index contributed by atoms with van der Waals surface area (Å²) < 4.78 is 30.3. The quantitative estimate of drug-likeness (QED) is 0.521. The summed E-state index contributed by atoms with van der Waals surface area (Å²) in [6, 6.07) is 9.83. The molecule has 0 saturated heterocycles. The molecule has 1 aromatic heterocycles. The summed E-state index contributed by atoms with van der Waals surface area (Å²) in [5.41, 5.74) is 2.34. The Labute approximate surface area is 197 Å². The molecule has 6 nitrogen and oxygen atoms in total. The van der Waals surface area contributed by atoms with Crippen molar-refractivity contribution in [3.8, 4) is 0 Å². The molecule has 2 aromatic carbocycles. The molecule has 0 aliphatic heterocycles. The SMILES string of the molecule is Cc1cc(Cl)cc2sc(=NC(=O)c3ccc(S(=O)(=O)N(C)C4CCCCC4)cc3)n(C)c12. The van der Waals surface area contributed by atoms with Crippen molar-refractivity contribution in [1.29, 1.82) is 0 Å². The molecule has 0 N–H and O–H groups in total. The molecule has 0 radical (unpaired) electrons. The largest absolute Gasteiger partial charge is 0.319 e. The number of fused-ring (bicyclic) bond motifs is 1. The van der Waals surface area contributed by atoms with Gasteiger partial charge in [-0.05, 0) is 61.7 Å². The van der Waals surface area contributed by atoms with E-state index in [-0.39, 0.29) is 10.9 Å². The van der Waals surface area contributed by atoms with E-state index >= 15 is 0 Å². The molecule has 0 bridgehead atoms. The first-order valence-electron chi connectivity index (χ1n) is 10.6. The van der Waals surface area contributed by atoms with Gasteiger partial charge in [-0.15, -0.1) is 0 Å². The maximum atomic E-state index is 13.0. The van der Waals surface area contributed by atoms with Crippen molar-refractivity contribution in [3.05, 3.63) is 57.3 Å².